The normalized spacial score (nSPS) is 10.7. The van der Waals surface area contributed by atoms with Crippen molar-refractivity contribution >= 4 is 11.6 Å². The molecular formula is C12H12ClNO2. The molecule has 1 N–H and O–H groups in total. The van der Waals surface area contributed by atoms with Crippen LogP contribution in [0.1, 0.15) is 18.6 Å². The molecule has 0 bridgehead atoms. The summed E-state index contributed by atoms with van der Waals surface area (Å²) >= 11 is 6.10. The quantitative estimate of drug-likeness (QED) is 0.893. The molecule has 0 aliphatic carbocycles. The molecule has 0 unspecified atom stereocenters. The predicted octanol–water partition coefficient (Wildman–Crippen LogP) is 3.05. The molecule has 0 saturated heterocycles. The van der Waals surface area contributed by atoms with Crippen molar-refractivity contribution in [3.8, 4) is 11.3 Å². The van der Waals surface area contributed by atoms with Gasteiger partial charge in [-0.15, -0.1) is 0 Å². The molecule has 0 radical (unpaired) electrons. The van der Waals surface area contributed by atoms with E-state index in [1.54, 1.807) is 0 Å². The molecule has 0 spiro atoms. The lowest BCUT2D eigenvalue weighted by Crippen LogP contribution is -1.85. The lowest BCUT2D eigenvalue weighted by molar-refractivity contribution is 0.237. The fraction of sp³-hybridized carbons (Fsp3) is 0.250. The number of benzene rings is 1. The van der Waals surface area contributed by atoms with Gasteiger partial charge in [0.05, 0.1) is 5.02 Å². The second-order valence-electron chi connectivity index (χ2n) is 3.37. The van der Waals surface area contributed by atoms with Crippen molar-refractivity contribution < 1.29 is 9.52 Å². The van der Waals surface area contributed by atoms with Crippen LogP contribution in [0.3, 0.4) is 0 Å². The Morgan fingerprint density at radius 3 is 2.75 bits per heavy atom. The highest BCUT2D eigenvalue weighted by Crippen LogP contribution is 2.30. The number of rotatable bonds is 3. The van der Waals surface area contributed by atoms with Crippen LogP contribution in [0.25, 0.3) is 11.3 Å². The van der Waals surface area contributed by atoms with E-state index < -0.39 is 0 Å². The van der Waals surface area contributed by atoms with Crippen LogP contribution >= 0.6 is 11.6 Å². The van der Waals surface area contributed by atoms with Crippen LogP contribution in [-0.4, -0.2) is 10.1 Å². The van der Waals surface area contributed by atoms with Gasteiger partial charge in [0.1, 0.15) is 18.1 Å². The minimum Gasteiger partial charge on any atom is -0.443 e. The van der Waals surface area contributed by atoms with Crippen molar-refractivity contribution in [3.05, 3.63) is 40.9 Å². The third-order valence-corrected chi connectivity index (χ3v) is 2.66. The van der Waals surface area contributed by atoms with E-state index >= 15 is 0 Å². The second kappa shape index (κ2) is 4.68. The molecule has 1 aromatic heterocycles. The first-order valence-corrected chi connectivity index (χ1v) is 5.48. The number of hydrogen-bond donors (Lipinski definition) is 1. The highest BCUT2D eigenvalue weighted by Gasteiger charge is 2.14. The first-order valence-electron chi connectivity index (χ1n) is 5.10. The van der Waals surface area contributed by atoms with Gasteiger partial charge in [-0.2, -0.15) is 0 Å². The molecule has 4 heteroatoms. The molecule has 0 aliphatic rings. The molecule has 0 atom stereocenters. The van der Waals surface area contributed by atoms with E-state index in [0.29, 0.717) is 17.3 Å². The Kier molecular flexibility index (Phi) is 3.27. The highest BCUT2D eigenvalue weighted by molar-refractivity contribution is 6.33. The highest BCUT2D eigenvalue weighted by atomic mass is 35.5. The fourth-order valence-corrected chi connectivity index (χ4v) is 1.80. The van der Waals surface area contributed by atoms with Crippen LogP contribution in [0.2, 0.25) is 5.02 Å². The zero-order valence-electron chi connectivity index (χ0n) is 8.90. The van der Waals surface area contributed by atoms with Crippen LogP contribution in [-0.2, 0) is 13.0 Å². The number of hydrogen-bond acceptors (Lipinski definition) is 3. The minimum absolute atomic E-state index is 0.197. The maximum absolute atomic E-state index is 9.00. The predicted molar refractivity (Wildman–Crippen MR) is 62.2 cm³/mol. The summed E-state index contributed by atoms with van der Waals surface area (Å²) in [4.78, 5) is 4.23. The van der Waals surface area contributed by atoms with Gasteiger partial charge >= 0.3 is 0 Å². The molecule has 0 fully saturated rings. The SMILES string of the molecule is CCc1oc(CO)nc1-c1ccccc1Cl. The van der Waals surface area contributed by atoms with Crippen molar-refractivity contribution in [2.75, 3.05) is 0 Å². The molecular weight excluding hydrogens is 226 g/mol. The van der Waals surface area contributed by atoms with Gasteiger partial charge in [0.15, 0.2) is 0 Å². The van der Waals surface area contributed by atoms with Gasteiger partial charge in [0.2, 0.25) is 5.89 Å². The summed E-state index contributed by atoms with van der Waals surface area (Å²) in [7, 11) is 0. The topological polar surface area (TPSA) is 46.3 Å². The van der Waals surface area contributed by atoms with Gasteiger partial charge in [0, 0.05) is 12.0 Å². The molecule has 1 aromatic carbocycles. The largest absolute Gasteiger partial charge is 0.443 e. The Morgan fingerprint density at radius 2 is 2.12 bits per heavy atom. The molecule has 0 saturated carbocycles. The number of oxazole rings is 1. The molecule has 2 aromatic rings. The van der Waals surface area contributed by atoms with Crippen LogP contribution in [0.15, 0.2) is 28.7 Å². The van der Waals surface area contributed by atoms with Gasteiger partial charge in [0.25, 0.3) is 0 Å². The van der Waals surface area contributed by atoms with Gasteiger partial charge in [-0.3, -0.25) is 0 Å². The van der Waals surface area contributed by atoms with E-state index in [-0.39, 0.29) is 6.61 Å². The van der Waals surface area contributed by atoms with E-state index in [1.165, 1.54) is 0 Å². The van der Waals surface area contributed by atoms with E-state index in [0.717, 1.165) is 17.0 Å². The third-order valence-electron chi connectivity index (χ3n) is 2.33. The summed E-state index contributed by atoms with van der Waals surface area (Å²) < 4.78 is 5.40. The molecule has 0 amide bonds. The summed E-state index contributed by atoms with van der Waals surface area (Å²) in [5, 5.41) is 9.63. The standard InChI is InChI=1S/C12H12ClNO2/c1-2-10-12(14-11(7-15)16-10)8-5-3-4-6-9(8)13/h3-6,15H,2,7H2,1H3. The van der Waals surface area contributed by atoms with E-state index in [2.05, 4.69) is 4.98 Å². The van der Waals surface area contributed by atoms with Crippen LogP contribution < -0.4 is 0 Å². The Morgan fingerprint density at radius 1 is 1.38 bits per heavy atom. The van der Waals surface area contributed by atoms with Crippen LogP contribution in [0.5, 0.6) is 0 Å². The van der Waals surface area contributed by atoms with Crippen molar-refractivity contribution in [1.82, 2.24) is 4.98 Å². The first kappa shape index (κ1) is 11.2. The van der Waals surface area contributed by atoms with Crippen LogP contribution in [0, 0.1) is 0 Å². The van der Waals surface area contributed by atoms with E-state index in [1.807, 2.05) is 31.2 Å². The van der Waals surface area contributed by atoms with Crippen molar-refractivity contribution in [1.29, 1.82) is 0 Å². The fourth-order valence-electron chi connectivity index (χ4n) is 1.57. The third kappa shape index (κ3) is 1.96. The van der Waals surface area contributed by atoms with Gasteiger partial charge in [-0.1, -0.05) is 36.7 Å². The van der Waals surface area contributed by atoms with Crippen molar-refractivity contribution in [2.45, 2.75) is 20.0 Å². The Hall–Kier alpha value is -1.32. The summed E-state index contributed by atoms with van der Waals surface area (Å²) in [6.07, 6.45) is 0.716. The minimum atomic E-state index is -0.197. The second-order valence-corrected chi connectivity index (χ2v) is 3.78. The van der Waals surface area contributed by atoms with Crippen molar-refractivity contribution in [2.24, 2.45) is 0 Å². The number of aliphatic hydroxyl groups is 1. The van der Waals surface area contributed by atoms with Gasteiger partial charge in [-0.05, 0) is 6.07 Å². The average Bonchev–Trinajstić information content (AvgIpc) is 2.72. The summed E-state index contributed by atoms with van der Waals surface area (Å²) in [5.74, 6) is 1.07. The lowest BCUT2D eigenvalue weighted by atomic mass is 10.1. The molecule has 2 rings (SSSR count). The smallest absolute Gasteiger partial charge is 0.220 e. The number of aliphatic hydroxyl groups excluding tert-OH is 1. The van der Waals surface area contributed by atoms with E-state index in [9.17, 15) is 0 Å². The Balaban J connectivity index is 2.54. The van der Waals surface area contributed by atoms with Gasteiger partial charge in [-0.25, -0.2) is 4.98 Å². The average molecular weight is 238 g/mol. The first-order chi connectivity index (χ1) is 7.76. The zero-order valence-corrected chi connectivity index (χ0v) is 9.66. The maximum Gasteiger partial charge on any atom is 0.220 e. The van der Waals surface area contributed by atoms with E-state index in [4.69, 9.17) is 21.1 Å². The van der Waals surface area contributed by atoms with Crippen LogP contribution in [0.4, 0.5) is 0 Å². The number of aromatic nitrogens is 1. The Bertz CT molecular complexity index is 494. The summed E-state index contributed by atoms with van der Waals surface area (Å²) in [6, 6.07) is 7.46. The molecule has 3 nitrogen and oxygen atoms in total. The number of nitrogens with zero attached hydrogens (tertiary/aromatic N) is 1. The summed E-state index contributed by atoms with van der Waals surface area (Å²) in [6.45, 7) is 1.78. The monoisotopic (exact) mass is 237 g/mol. The maximum atomic E-state index is 9.00. The lowest BCUT2D eigenvalue weighted by Gasteiger charge is -2.00. The number of aryl methyl sites for hydroxylation is 1. The molecule has 1 heterocycles. The molecule has 84 valence electrons. The van der Waals surface area contributed by atoms with Gasteiger partial charge < -0.3 is 9.52 Å². The number of halogens is 1. The summed E-state index contributed by atoms with van der Waals surface area (Å²) in [5.41, 5.74) is 1.56. The molecule has 16 heavy (non-hydrogen) atoms. The van der Waals surface area contributed by atoms with Crippen molar-refractivity contribution in [3.63, 3.8) is 0 Å². The Labute approximate surface area is 98.7 Å². The molecule has 0 aliphatic heterocycles. The zero-order chi connectivity index (χ0) is 11.5.